The lowest BCUT2D eigenvalue weighted by atomic mass is 9.92. The number of aromatic nitrogens is 2. The monoisotopic (exact) mass is 256 g/mol. The Morgan fingerprint density at radius 2 is 1.89 bits per heavy atom. The summed E-state index contributed by atoms with van der Waals surface area (Å²) in [6.45, 7) is 6.48. The third kappa shape index (κ3) is 3.02. The molecule has 0 fully saturated rings. The van der Waals surface area contributed by atoms with Crippen molar-refractivity contribution in [3.8, 4) is 0 Å². The molecule has 0 aliphatic carbocycles. The van der Waals surface area contributed by atoms with E-state index in [2.05, 4.69) is 48.9 Å². The summed E-state index contributed by atoms with van der Waals surface area (Å²) in [5, 5.41) is 0. The molecule has 0 aliphatic rings. The van der Waals surface area contributed by atoms with Crippen molar-refractivity contribution in [2.24, 2.45) is 0 Å². The Morgan fingerprint density at radius 1 is 1.16 bits per heavy atom. The van der Waals surface area contributed by atoms with E-state index in [1.807, 2.05) is 0 Å². The third-order valence-corrected chi connectivity index (χ3v) is 3.22. The minimum Gasteiger partial charge on any atom is -0.383 e. The van der Waals surface area contributed by atoms with Gasteiger partial charge in [-0.05, 0) is 24.0 Å². The molecule has 1 aromatic carbocycles. The van der Waals surface area contributed by atoms with Crippen LogP contribution in [0.2, 0.25) is 0 Å². The molecule has 4 N–H and O–H groups in total. The number of benzene rings is 1. The number of nitrogens with two attached hydrogens (primary N) is 2. The summed E-state index contributed by atoms with van der Waals surface area (Å²) in [7, 11) is 0. The molecule has 4 nitrogen and oxygen atoms in total. The van der Waals surface area contributed by atoms with Crippen LogP contribution in [-0.4, -0.2) is 9.97 Å². The maximum absolute atomic E-state index is 5.90. The van der Waals surface area contributed by atoms with E-state index < -0.39 is 0 Å². The first kappa shape index (κ1) is 13.3. The van der Waals surface area contributed by atoms with Crippen LogP contribution in [0.5, 0.6) is 0 Å². The lowest BCUT2D eigenvalue weighted by Gasteiger charge is -2.14. The molecule has 4 heteroatoms. The summed E-state index contributed by atoms with van der Waals surface area (Å²) in [5.74, 6) is 1.16. The van der Waals surface area contributed by atoms with Gasteiger partial charge >= 0.3 is 0 Å². The molecule has 2 rings (SSSR count). The van der Waals surface area contributed by atoms with Crippen molar-refractivity contribution in [2.45, 2.75) is 33.1 Å². The Bertz CT molecular complexity index is 591. The molecule has 19 heavy (non-hydrogen) atoms. The van der Waals surface area contributed by atoms with Crippen molar-refractivity contribution < 1.29 is 0 Å². The average Bonchev–Trinajstić information content (AvgIpc) is 2.32. The van der Waals surface area contributed by atoms with Gasteiger partial charge in [0.1, 0.15) is 5.82 Å². The first-order chi connectivity index (χ1) is 8.97. The lowest BCUT2D eigenvalue weighted by Crippen LogP contribution is -2.05. The standard InChI is InChI=1S/C15H20N4/c1-9(2)13-5-4-10(3)6-11(13)7-12-8-18-15(17)19-14(12)16/h4-6,8-9H,7H2,1-3H3,(H4,16,17,18,19). The van der Waals surface area contributed by atoms with Crippen molar-refractivity contribution >= 4 is 11.8 Å². The predicted molar refractivity (Wildman–Crippen MR) is 78.9 cm³/mol. The quantitative estimate of drug-likeness (QED) is 0.885. The van der Waals surface area contributed by atoms with E-state index in [1.165, 1.54) is 16.7 Å². The van der Waals surface area contributed by atoms with Crippen LogP contribution in [0.1, 0.15) is 42.0 Å². The summed E-state index contributed by atoms with van der Waals surface area (Å²) >= 11 is 0. The smallest absolute Gasteiger partial charge is 0.221 e. The zero-order valence-electron chi connectivity index (χ0n) is 11.6. The van der Waals surface area contributed by atoms with Gasteiger partial charge in [0, 0.05) is 18.2 Å². The van der Waals surface area contributed by atoms with Crippen LogP contribution in [0.4, 0.5) is 11.8 Å². The van der Waals surface area contributed by atoms with Crippen molar-refractivity contribution in [1.82, 2.24) is 9.97 Å². The van der Waals surface area contributed by atoms with Crippen molar-refractivity contribution in [3.05, 3.63) is 46.6 Å². The molecule has 0 atom stereocenters. The number of hydrogen-bond donors (Lipinski definition) is 2. The van der Waals surface area contributed by atoms with Gasteiger partial charge < -0.3 is 11.5 Å². The van der Waals surface area contributed by atoms with Gasteiger partial charge in [-0.2, -0.15) is 4.98 Å². The highest BCUT2D eigenvalue weighted by atomic mass is 15.0. The Morgan fingerprint density at radius 3 is 2.53 bits per heavy atom. The van der Waals surface area contributed by atoms with Crippen molar-refractivity contribution in [1.29, 1.82) is 0 Å². The normalized spacial score (nSPS) is 10.9. The molecule has 100 valence electrons. The summed E-state index contributed by atoms with van der Waals surface area (Å²) in [6.07, 6.45) is 2.45. The maximum Gasteiger partial charge on any atom is 0.221 e. The average molecular weight is 256 g/mol. The second-order valence-corrected chi connectivity index (χ2v) is 5.17. The fourth-order valence-electron chi connectivity index (χ4n) is 2.23. The summed E-state index contributed by atoms with van der Waals surface area (Å²) in [5.41, 5.74) is 16.2. The van der Waals surface area contributed by atoms with Crippen LogP contribution in [0.15, 0.2) is 24.4 Å². The first-order valence-corrected chi connectivity index (χ1v) is 6.43. The molecule has 0 unspecified atom stereocenters. The largest absolute Gasteiger partial charge is 0.383 e. The number of hydrogen-bond acceptors (Lipinski definition) is 4. The van der Waals surface area contributed by atoms with Crippen LogP contribution >= 0.6 is 0 Å². The van der Waals surface area contributed by atoms with Gasteiger partial charge in [-0.25, -0.2) is 4.98 Å². The van der Waals surface area contributed by atoms with Gasteiger partial charge in [-0.3, -0.25) is 0 Å². The second kappa shape index (κ2) is 5.26. The van der Waals surface area contributed by atoms with Gasteiger partial charge in [0.05, 0.1) is 0 Å². The second-order valence-electron chi connectivity index (χ2n) is 5.17. The number of aryl methyl sites for hydroxylation is 1. The molecule has 2 aromatic rings. The van der Waals surface area contributed by atoms with Crippen molar-refractivity contribution in [2.75, 3.05) is 11.5 Å². The van der Waals surface area contributed by atoms with Gasteiger partial charge in [0.25, 0.3) is 0 Å². The Hall–Kier alpha value is -2.10. The summed E-state index contributed by atoms with van der Waals surface area (Å²) < 4.78 is 0. The third-order valence-electron chi connectivity index (χ3n) is 3.22. The van der Waals surface area contributed by atoms with Crippen LogP contribution in [0.3, 0.4) is 0 Å². The minimum atomic E-state index is 0.217. The van der Waals surface area contributed by atoms with E-state index in [-0.39, 0.29) is 5.95 Å². The molecule has 0 radical (unpaired) electrons. The minimum absolute atomic E-state index is 0.217. The first-order valence-electron chi connectivity index (χ1n) is 6.43. The molecule has 0 saturated heterocycles. The molecule has 1 aromatic heterocycles. The zero-order chi connectivity index (χ0) is 14.0. The number of rotatable bonds is 3. The molecule has 0 amide bonds. The highest BCUT2D eigenvalue weighted by Crippen LogP contribution is 2.24. The topological polar surface area (TPSA) is 77.8 Å². The summed E-state index contributed by atoms with van der Waals surface area (Å²) in [6, 6.07) is 6.52. The molecule has 1 heterocycles. The molecular formula is C15H20N4. The Balaban J connectivity index is 2.39. The van der Waals surface area contributed by atoms with E-state index in [4.69, 9.17) is 11.5 Å². The maximum atomic E-state index is 5.90. The van der Waals surface area contributed by atoms with E-state index >= 15 is 0 Å². The number of nitrogen functional groups attached to an aromatic ring is 2. The predicted octanol–water partition coefficient (Wildman–Crippen LogP) is 2.66. The van der Waals surface area contributed by atoms with Gasteiger partial charge in [-0.1, -0.05) is 37.6 Å². The van der Waals surface area contributed by atoms with Crippen molar-refractivity contribution in [3.63, 3.8) is 0 Å². The van der Waals surface area contributed by atoms with Gasteiger partial charge in [0.2, 0.25) is 5.95 Å². The highest BCUT2D eigenvalue weighted by Gasteiger charge is 2.10. The fourth-order valence-corrected chi connectivity index (χ4v) is 2.23. The van der Waals surface area contributed by atoms with Crippen LogP contribution in [-0.2, 0) is 6.42 Å². The Kier molecular flexibility index (Phi) is 3.69. The highest BCUT2D eigenvalue weighted by molar-refractivity contribution is 5.46. The van der Waals surface area contributed by atoms with E-state index in [9.17, 15) is 0 Å². The molecule has 0 aliphatic heterocycles. The van der Waals surface area contributed by atoms with Crippen LogP contribution in [0.25, 0.3) is 0 Å². The molecule has 0 spiro atoms. The zero-order valence-corrected chi connectivity index (χ0v) is 11.6. The SMILES string of the molecule is Cc1ccc(C(C)C)c(Cc2cnc(N)nc2N)c1. The van der Waals surface area contributed by atoms with Crippen LogP contribution < -0.4 is 11.5 Å². The number of nitrogens with zero attached hydrogens (tertiary/aromatic N) is 2. The summed E-state index contributed by atoms with van der Waals surface area (Å²) in [4.78, 5) is 8.03. The van der Waals surface area contributed by atoms with Gasteiger partial charge in [-0.15, -0.1) is 0 Å². The Labute approximate surface area is 113 Å². The molecule has 0 bridgehead atoms. The van der Waals surface area contributed by atoms with E-state index in [0.29, 0.717) is 11.7 Å². The molecule has 0 saturated carbocycles. The lowest BCUT2D eigenvalue weighted by molar-refractivity contribution is 0.846. The van der Waals surface area contributed by atoms with E-state index in [0.717, 1.165) is 12.0 Å². The fraction of sp³-hybridized carbons (Fsp3) is 0.333. The van der Waals surface area contributed by atoms with Crippen LogP contribution in [0, 0.1) is 6.92 Å². The molecular weight excluding hydrogens is 236 g/mol. The van der Waals surface area contributed by atoms with Gasteiger partial charge in [0.15, 0.2) is 0 Å². The number of anilines is 2. The van der Waals surface area contributed by atoms with E-state index in [1.54, 1.807) is 6.20 Å².